The Morgan fingerprint density at radius 3 is 2.16 bits per heavy atom. The molecule has 31 heavy (non-hydrogen) atoms. The fourth-order valence-electron chi connectivity index (χ4n) is 3.11. The van der Waals surface area contributed by atoms with Crippen molar-refractivity contribution < 1.29 is 4.74 Å². The van der Waals surface area contributed by atoms with Gasteiger partial charge in [-0.05, 0) is 59.2 Å². The Labute approximate surface area is 188 Å². The number of ether oxygens (including phenoxy) is 1. The molecule has 0 N–H and O–H groups in total. The number of halogens is 1. The summed E-state index contributed by atoms with van der Waals surface area (Å²) in [6.07, 6.45) is 4.01. The molecular weight excluding hydrogens is 400 g/mol. The van der Waals surface area contributed by atoms with Gasteiger partial charge in [-0.1, -0.05) is 96.2 Å². The standard InChI is InChI=1S/C29H21ClO/c30-28-19-14-24(15-20-28)10-7-21-31-29-22-27(25-11-5-2-6-12-25)18-17-26(29)16-13-23-8-3-1-4-9-23/h1-12,14-15,17-20,22H,21H2/b10-7+. The van der Waals surface area contributed by atoms with Gasteiger partial charge in [-0.3, -0.25) is 0 Å². The van der Waals surface area contributed by atoms with Crippen LogP contribution in [-0.2, 0) is 0 Å². The Kier molecular flexibility index (Phi) is 6.85. The first kappa shape index (κ1) is 20.5. The van der Waals surface area contributed by atoms with Crippen LogP contribution in [-0.4, -0.2) is 6.61 Å². The molecule has 0 radical (unpaired) electrons. The molecule has 0 heterocycles. The Morgan fingerprint density at radius 2 is 1.42 bits per heavy atom. The molecule has 0 aliphatic carbocycles. The monoisotopic (exact) mass is 420 g/mol. The lowest BCUT2D eigenvalue weighted by Gasteiger charge is -2.09. The zero-order chi connectivity index (χ0) is 21.3. The van der Waals surface area contributed by atoms with Gasteiger partial charge in [0.05, 0.1) is 5.56 Å². The summed E-state index contributed by atoms with van der Waals surface area (Å²) in [7, 11) is 0. The Bertz CT molecular complexity index is 1210. The second kappa shape index (κ2) is 10.3. The van der Waals surface area contributed by atoms with E-state index in [9.17, 15) is 0 Å². The Hall–Kier alpha value is -3.73. The Morgan fingerprint density at radius 1 is 0.710 bits per heavy atom. The molecular formula is C29H21ClO. The summed E-state index contributed by atoms with van der Waals surface area (Å²) in [5.41, 5.74) is 5.16. The van der Waals surface area contributed by atoms with Crippen molar-refractivity contribution in [3.05, 3.63) is 131 Å². The highest BCUT2D eigenvalue weighted by molar-refractivity contribution is 6.30. The van der Waals surface area contributed by atoms with Gasteiger partial charge in [0, 0.05) is 10.6 Å². The first-order valence-corrected chi connectivity index (χ1v) is 10.5. The third-order valence-electron chi connectivity index (χ3n) is 4.72. The van der Waals surface area contributed by atoms with Crippen molar-refractivity contribution >= 4 is 17.7 Å². The molecule has 150 valence electrons. The average molecular weight is 421 g/mol. The molecule has 0 fully saturated rings. The molecule has 0 aliphatic heterocycles. The summed E-state index contributed by atoms with van der Waals surface area (Å²) in [5, 5.41) is 0.729. The molecule has 4 rings (SSSR count). The lowest BCUT2D eigenvalue weighted by molar-refractivity contribution is 0.363. The molecule has 0 aliphatic rings. The SMILES string of the molecule is Clc1ccc(/C=C/COc2cc(-c3ccccc3)ccc2C#Cc2ccccc2)cc1. The predicted octanol–water partition coefficient (Wildman–Crippen LogP) is 7.50. The van der Waals surface area contributed by atoms with Gasteiger partial charge >= 0.3 is 0 Å². The van der Waals surface area contributed by atoms with Crippen LogP contribution in [0.5, 0.6) is 5.75 Å². The molecule has 0 unspecified atom stereocenters. The van der Waals surface area contributed by atoms with Crippen molar-refractivity contribution in [3.8, 4) is 28.7 Å². The second-order valence-corrected chi connectivity index (χ2v) is 7.39. The smallest absolute Gasteiger partial charge is 0.136 e. The van der Waals surface area contributed by atoms with Crippen molar-refractivity contribution in [2.75, 3.05) is 6.61 Å². The van der Waals surface area contributed by atoms with E-state index >= 15 is 0 Å². The molecule has 0 spiro atoms. The molecule has 0 saturated carbocycles. The largest absolute Gasteiger partial charge is 0.488 e. The van der Waals surface area contributed by atoms with Crippen molar-refractivity contribution in [2.45, 2.75) is 0 Å². The van der Waals surface area contributed by atoms with E-state index in [2.05, 4.69) is 36.1 Å². The van der Waals surface area contributed by atoms with Gasteiger partial charge < -0.3 is 4.74 Å². The Balaban J connectivity index is 1.57. The van der Waals surface area contributed by atoms with Gasteiger partial charge in [0.2, 0.25) is 0 Å². The maximum absolute atomic E-state index is 6.12. The number of hydrogen-bond acceptors (Lipinski definition) is 1. The summed E-state index contributed by atoms with van der Waals surface area (Å²) in [5.74, 6) is 7.25. The van der Waals surface area contributed by atoms with Crippen LogP contribution < -0.4 is 4.74 Å². The maximum atomic E-state index is 6.12. The minimum Gasteiger partial charge on any atom is -0.488 e. The third-order valence-corrected chi connectivity index (χ3v) is 4.97. The first-order chi connectivity index (χ1) is 15.3. The van der Waals surface area contributed by atoms with Crippen molar-refractivity contribution in [1.29, 1.82) is 0 Å². The van der Waals surface area contributed by atoms with Crippen molar-refractivity contribution in [1.82, 2.24) is 0 Å². The highest BCUT2D eigenvalue weighted by Crippen LogP contribution is 2.27. The third kappa shape index (κ3) is 5.89. The van der Waals surface area contributed by atoms with Gasteiger partial charge in [-0.15, -0.1) is 0 Å². The van der Waals surface area contributed by atoms with Crippen LogP contribution in [0.3, 0.4) is 0 Å². The van der Waals surface area contributed by atoms with Gasteiger partial charge in [-0.2, -0.15) is 0 Å². The van der Waals surface area contributed by atoms with Gasteiger partial charge in [0.15, 0.2) is 0 Å². The van der Waals surface area contributed by atoms with Crippen LogP contribution in [0.1, 0.15) is 16.7 Å². The van der Waals surface area contributed by atoms with Crippen molar-refractivity contribution in [3.63, 3.8) is 0 Å². The second-order valence-electron chi connectivity index (χ2n) is 6.96. The van der Waals surface area contributed by atoms with E-state index in [-0.39, 0.29) is 0 Å². The molecule has 0 saturated heterocycles. The van der Waals surface area contributed by atoms with E-state index in [1.807, 2.05) is 91.0 Å². The van der Waals surface area contributed by atoms with E-state index < -0.39 is 0 Å². The topological polar surface area (TPSA) is 9.23 Å². The molecule has 1 nitrogen and oxygen atoms in total. The quantitative estimate of drug-likeness (QED) is 0.304. The summed E-state index contributed by atoms with van der Waals surface area (Å²) in [4.78, 5) is 0. The highest BCUT2D eigenvalue weighted by atomic mass is 35.5. The maximum Gasteiger partial charge on any atom is 0.136 e. The zero-order valence-electron chi connectivity index (χ0n) is 17.0. The summed E-state index contributed by atoms with van der Waals surface area (Å²) < 4.78 is 6.12. The zero-order valence-corrected chi connectivity index (χ0v) is 17.7. The molecule has 4 aromatic rings. The fraction of sp³-hybridized carbons (Fsp3) is 0.0345. The van der Waals surface area contributed by atoms with Crippen LogP contribution in [0.2, 0.25) is 5.02 Å². The number of hydrogen-bond donors (Lipinski definition) is 0. The number of benzene rings is 4. The minimum atomic E-state index is 0.445. The van der Waals surface area contributed by atoms with E-state index in [0.717, 1.165) is 38.6 Å². The van der Waals surface area contributed by atoms with Gasteiger partial charge in [0.25, 0.3) is 0 Å². The summed E-state index contributed by atoms with van der Waals surface area (Å²) >= 11 is 5.95. The van der Waals surface area contributed by atoms with E-state index in [1.165, 1.54) is 0 Å². The molecule has 2 heteroatoms. The predicted molar refractivity (Wildman–Crippen MR) is 130 cm³/mol. The van der Waals surface area contributed by atoms with Crippen LogP contribution in [0, 0.1) is 11.8 Å². The number of rotatable bonds is 5. The molecule has 4 aromatic carbocycles. The van der Waals surface area contributed by atoms with E-state index in [1.54, 1.807) is 0 Å². The van der Waals surface area contributed by atoms with Crippen LogP contribution in [0.25, 0.3) is 17.2 Å². The first-order valence-electron chi connectivity index (χ1n) is 10.1. The lowest BCUT2D eigenvalue weighted by atomic mass is 10.0. The molecule has 0 bridgehead atoms. The molecule has 0 amide bonds. The van der Waals surface area contributed by atoms with Crippen LogP contribution in [0.4, 0.5) is 0 Å². The van der Waals surface area contributed by atoms with Gasteiger partial charge in [-0.25, -0.2) is 0 Å². The van der Waals surface area contributed by atoms with E-state index in [0.29, 0.717) is 6.61 Å². The van der Waals surface area contributed by atoms with Gasteiger partial charge in [0.1, 0.15) is 12.4 Å². The van der Waals surface area contributed by atoms with Crippen molar-refractivity contribution in [2.24, 2.45) is 0 Å². The summed E-state index contributed by atoms with van der Waals surface area (Å²) in [6.45, 7) is 0.445. The highest BCUT2D eigenvalue weighted by Gasteiger charge is 2.05. The van der Waals surface area contributed by atoms with Crippen LogP contribution >= 0.6 is 11.6 Å². The minimum absolute atomic E-state index is 0.445. The lowest BCUT2D eigenvalue weighted by Crippen LogP contribution is -1.96. The van der Waals surface area contributed by atoms with Crippen LogP contribution in [0.15, 0.2) is 109 Å². The molecule has 0 atom stereocenters. The summed E-state index contributed by atoms with van der Waals surface area (Å²) in [6, 6.07) is 34.1. The fourth-order valence-corrected chi connectivity index (χ4v) is 3.24. The molecule has 0 aromatic heterocycles. The average Bonchev–Trinajstić information content (AvgIpc) is 2.83. The normalized spacial score (nSPS) is 10.5. The van der Waals surface area contributed by atoms with E-state index in [4.69, 9.17) is 16.3 Å².